The van der Waals surface area contributed by atoms with Crippen LogP contribution in [0.15, 0.2) is 42.5 Å². The molecule has 0 spiro atoms. The average molecular weight is 358 g/mol. The number of amides is 1. The Morgan fingerprint density at radius 2 is 1.68 bits per heavy atom. The fourth-order valence-corrected chi connectivity index (χ4v) is 5.62. The van der Waals surface area contributed by atoms with Crippen molar-refractivity contribution in [2.75, 3.05) is 37.7 Å². The second-order valence-electron chi connectivity index (χ2n) is 6.95. The van der Waals surface area contributed by atoms with E-state index in [1.165, 1.54) is 0 Å². The number of carbonyl (C=O) groups is 1. The van der Waals surface area contributed by atoms with Crippen molar-refractivity contribution in [3.05, 3.63) is 48.0 Å². The van der Waals surface area contributed by atoms with Crippen molar-refractivity contribution >= 4 is 26.5 Å². The quantitative estimate of drug-likeness (QED) is 0.821. The topological polar surface area (TPSA) is 57.7 Å². The number of piperazine rings is 1. The van der Waals surface area contributed by atoms with Crippen LogP contribution in [-0.2, 0) is 9.84 Å². The second-order valence-corrected chi connectivity index (χ2v) is 9.18. The standard InChI is InChI=1S/C19H22N2O3S/c22-19(17-6-5-15-3-1-2-4-16(15)13-17)21-10-8-20(9-11-21)18-7-12-25(23,24)14-18/h1-6,13,18H,7-12,14H2/t18-/m1/s1. The fourth-order valence-electron chi connectivity index (χ4n) is 3.86. The van der Waals surface area contributed by atoms with Gasteiger partial charge in [0, 0.05) is 37.8 Å². The smallest absolute Gasteiger partial charge is 0.253 e. The van der Waals surface area contributed by atoms with E-state index in [1.807, 2.05) is 47.4 Å². The Labute approximate surface area is 148 Å². The number of nitrogens with zero attached hydrogens (tertiary/aromatic N) is 2. The zero-order valence-electron chi connectivity index (χ0n) is 14.1. The maximum atomic E-state index is 12.8. The van der Waals surface area contributed by atoms with Crippen molar-refractivity contribution in [2.24, 2.45) is 0 Å². The van der Waals surface area contributed by atoms with Crippen LogP contribution < -0.4 is 0 Å². The molecule has 2 aromatic carbocycles. The van der Waals surface area contributed by atoms with Crippen molar-refractivity contribution in [1.29, 1.82) is 0 Å². The van der Waals surface area contributed by atoms with Crippen molar-refractivity contribution in [1.82, 2.24) is 9.80 Å². The summed E-state index contributed by atoms with van der Waals surface area (Å²) in [6, 6.07) is 14.0. The lowest BCUT2D eigenvalue weighted by Crippen LogP contribution is -2.52. The lowest BCUT2D eigenvalue weighted by molar-refractivity contribution is 0.0588. The van der Waals surface area contributed by atoms with Gasteiger partial charge in [-0.2, -0.15) is 0 Å². The van der Waals surface area contributed by atoms with Gasteiger partial charge in [0.1, 0.15) is 0 Å². The maximum absolute atomic E-state index is 12.8. The molecule has 0 bridgehead atoms. The minimum atomic E-state index is -2.86. The van der Waals surface area contributed by atoms with Crippen molar-refractivity contribution < 1.29 is 13.2 Å². The molecule has 0 aromatic heterocycles. The molecule has 2 saturated heterocycles. The molecular weight excluding hydrogens is 336 g/mol. The first-order chi connectivity index (χ1) is 12.0. The summed E-state index contributed by atoms with van der Waals surface area (Å²) in [7, 11) is -2.86. The van der Waals surface area contributed by atoms with Crippen LogP contribution in [-0.4, -0.2) is 67.9 Å². The molecule has 0 aliphatic carbocycles. The molecule has 132 valence electrons. The van der Waals surface area contributed by atoms with Crippen LogP contribution in [0.2, 0.25) is 0 Å². The van der Waals surface area contributed by atoms with E-state index in [1.54, 1.807) is 0 Å². The van der Waals surface area contributed by atoms with Gasteiger partial charge < -0.3 is 4.90 Å². The third-order valence-electron chi connectivity index (χ3n) is 5.32. The number of hydrogen-bond donors (Lipinski definition) is 0. The lowest BCUT2D eigenvalue weighted by Gasteiger charge is -2.37. The van der Waals surface area contributed by atoms with Gasteiger partial charge in [-0.3, -0.25) is 9.69 Å². The van der Waals surface area contributed by atoms with E-state index in [-0.39, 0.29) is 17.7 Å². The van der Waals surface area contributed by atoms with Gasteiger partial charge in [-0.25, -0.2) is 8.42 Å². The first-order valence-electron chi connectivity index (χ1n) is 8.74. The first kappa shape index (κ1) is 16.5. The molecule has 6 heteroatoms. The third kappa shape index (κ3) is 3.41. The molecule has 0 saturated carbocycles. The van der Waals surface area contributed by atoms with Gasteiger partial charge >= 0.3 is 0 Å². The van der Waals surface area contributed by atoms with E-state index in [0.717, 1.165) is 35.8 Å². The number of hydrogen-bond acceptors (Lipinski definition) is 4. The van der Waals surface area contributed by atoms with Crippen LogP contribution in [0, 0.1) is 0 Å². The zero-order valence-corrected chi connectivity index (χ0v) is 14.9. The Morgan fingerprint density at radius 3 is 2.36 bits per heavy atom. The van der Waals surface area contributed by atoms with Crippen LogP contribution in [0.5, 0.6) is 0 Å². The Balaban J connectivity index is 1.42. The molecule has 2 aliphatic rings. The van der Waals surface area contributed by atoms with Crippen LogP contribution in [0.25, 0.3) is 10.8 Å². The van der Waals surface area contributed by atoms with E-state index in [2.05, 4.69) is 4.90 Å². The predicted molar refractivity (Wildman–Crippen MR) is 98.5 cm³/mol. The van der Waals surface area contributed by atoms with Crippen LogP contribution in [0.4, 0.5) is 0 Å². The number of benzene rings is 2. The molecule has 2 aliphatic heterocycles. The third-order valence-corrected chi connectivity index (χ3v) is 7.07. The molecule has 5 nitrogen and oxygen atoms in total. The summed E-state index contributed by atoms with van der Waals surface area (Å²) in [6.07, 6.45) is 0.723. The minimum Gasteiger partial charge on any atom is -0.336 e. The van der Waals surface area contributed by atoms with Gasteiger partial charge in [-0.15, -0.1) is 0 Å². The molecule has 0 unspecified atom stereocenters. The molecule has 0 radical (unpaired) electrons. The molecule has 4 rings (SSSR count). The van der Waals surface area contributed by atoms with Crippen molar-refractivity contribution in [3.63, 3.8) is 0 Å². The van der Waals surface area contributed by atoms with Crippen LogP contribution in [0.1, 0.15) is 16.8 Å². The number of carbonyl (C=O) groups excluding carboxylic acids is 1. The van der Waals surface area contributed by atoms with Gasteiger partial charge in [-0.05, 0) is 29.3 Å². The molecule has 2 heterocycles. The maximum Gasteiger partial charge on any atom is 0.253 e. The van der Waals surface area contributed by atoms with E-state index < -0.39 is 9.84 Å². The van der Waals surface area contributed by atoms with Crippen molar-refractivity contribution in [3.8, 4) is 0 Å². The highest BCUT2D eigenvalue weighted by molar-refractivity contribution is 7.91. The normalized spacial score (nSPS) is 23.8. The average Bonchev–Trinajstić information content (AvgIpc) is 3.01. The molecule has 2 fully saturated rings. The number of rotatable bonds is 2. The summed E-state index contributed by atoms with van der Waals surface area (Å²) in [6.45, 7) is 2.81. The SMILES string of the molecule is O=C(c1ccc2ccccc2c1)N1CCN([C@@H]2CCS(=O)(=O)C2)CC1. The first-order valence-corrected chi connectivity index (χ1v) is 10.6. The molecule has 2 aromatic rings. The summed E-state index contributed by atoms with van der Waals surface area (Å²) < 4.78 is 23.3. The van der Waals surface area contributed by atoms with E-state index >= 15 is 0 Å². The molecular formula is C19H22N2O3S. The van der Waals surface area contributed by atoms with Crippen LogP contribution in [0.3, 0.4) is 0 Å². The fraction of sp³-hybridized carbons (Fsp3) is 0.421. The van der Waals surface area contributed by atoms with Gasteiger partial charge in [0.05, 0.1) is 11.5 Å². The zero-order chi connectivity index (χ0) is 17.4. The minimum absolute atomic E-state index is 0.0597. The summed E-state index contributed by atoms with van der Waals surface area (Å²) >= 11 is 0. The molecule has 1 amide bonds. The Hall–Kier alpha value is -1.92. The van der Waals surface area contributed by atoms with E-state index in [4.69, 9.17) is 0 Å². The van der Waals surface area contributed by atoms with E-state index in [9.17, 15) is 13.2 Å². The van der Waals surface area contributed by atoms with Gasteiger partial charge in [0.15, 0.2) is 9.84 Å². The monoisotopic (exact) mass is 358 g/mol. The summed E-state index contributed by atoms with van der Waals surface area (Å²) in [5.41, 5.74) is 0.718. The highest BCUT2D eigenvalue weighted by Gasteiger charge is 2.34. The highest BCUT2D eigenvalue weighted by atomic mass is 32.2. The van der Waals surface area contributed by atoms with Gasteiger partial charge in [-0.1, -0.05) is 30.3 Å². The molecule has 1 atom stereocenters. The predicted octanol–water partition coefficient (Wildman–Crippen LogP) is 1.78. The second kappa shape index (κ2) is 6.42. The highest BCUT2D eigenvalue weighted by Crippen LogP contribution is 2.21. The van der Waals surface area contributed by atoms with Crippen molar-refractivity contribution in [2.45, 2.75) is 12.5 Å². The largest absolute Gasteiger partial charge is 0.336 e. The van der Waals surface area contributed by atoms with Crippen LogP contribution >= 0.6 is 0 Å². The van der Waals surface area contributed by atoms with E-state index in [0.29, 0.717) is 18.8 Å². The molecule has 25 heavy (non-hydrogen) atoms. The Kier molecular flexibility index (Phi) is 4.25. The van der Waals surface area contributed by atoms with Gasteiger partial charge in [0.2, 0.25) is 0 Å². The van der Waals surface area contributed by atoms with Gasteiger partial charge in [0.25, 0.3) is 5.91 Å². The lowest BCUT2D eigenvalue weighted by atomic mass is 10.1. The number of fused-ring (bicyclic) bond motifs is 1. The summed E-state index contributed by atoms with van der Waals surface area (Å²) in [5, 5.41) is 2.20. The number of sulfone groups is 1. The molecule has 0 N–H and O–H groups in total. The summed E-state index contributed by atoms with van der Waals surface area (Å²) in [4.78, 5) is 16.9. The Morgan fingerprint density at radius 1 is 0.960 bits per heavy atom. The summed E-state index contributed by atoms with van der Waals surface area (Å²) in [5.74, 6) is 0.629. The Bertz CT molecular complexity index is 902.